The molecule has 0 spiro atoms. The molecule has 0 aliphatic heterocycles. The van der Waals surface area contributed by atoms with Crippen LogP contribution < -0.4 is 20.1 Å². The molecule has 0 radical (unpaired) electrons. The first kappa shape index (κ1) is 22.0. The van der Waals surface area contributed by atoms with Crippen molar-refractivity contribution in [3.05, 3.63) is 54.1 Å². The molecular weight excluding hydrogens is 393 g/mol. The number of amides is 2. The molecule has 2 N–H and O–H groups in total. The van der Waals surface area contributed by atoms with Gasteiger partial charge in [-0.25, -0.2) is 0 Å². The SMILES string of the molecule is COc1ccccc1C(CNC(=O)C(=O)Nc1ccc(OC(F)(F)F)cc1)OC. The number of ether oxygens (including phenoxy) is 3. The summed E-state index contributed by atoms with van der Waals surface area (Å²) in [6, 6.07) is 11.5. The van der Waals surface area contributed by atoms with Crippen LogP contribution in [0.15, 0.2) is 48.5 Å². The molecule has 0 aromatic heterocycles. The van der Waals surface area contributed by atoms with Crippen LogP contribution in [0.25, 0.3) is 0 Å². The van der Waals surface area contributed by atoms with E-state index in [-0.39, 0.29) is 12.2 Å². The highest BCUT2D eigenvalue weighted by Gasteiger charge is 2.31. The summed E-state index contributed by atoms with van der Waals surface area (Å²) in [4.78, 5) is 24.0. The number of alkyl halides is 3. The number of nitrogens with one attached hydrogen (secondary N) is 2. The zero-order valence-corrected chi connectivity index (χ0v) is 15.6. The van der Waals surface area contributed by atoms with E-state index in [9.17, 15) is 22.8 Å². The zero-order chi connectivity index (χ0) is 21.4. The minimum atomic E-state index is -4.82. The van der Waals surface area contributed by atoms with Crippen molar-refractivity contribution in [1.29, 1.82) is 0 Å². The first-order chi connectivity index (χ1) is 13.7. The van der Waals surface area contributed by atoms with Gasteiger partial charge in [-0.3, -0.25) is 9.59 Å². The number of rotatable bonds is 7. The molecule has 10 heteroatoms. The van der Waals surface area contributed by atoms with Crippen molar-refractivity contribution in [2.75, 3.05) is 26.1 Å². The first-order valence-electron chi connectivity index (χ1n) is 8.34. The molecule has 0 heterocycles. The third kappa shape index (κ3) is 6.68. The number of carbonyl (C=O) groups is 2. The summed E-state index contributed by atoms with van der Waals surface area (Å²) in [5, 5.41) is 4.72. The zero-order valence-electron chi connectivity index (χ0n) is 15.6. The highest BCUT2D eigenvalue weighted by molar-refractivity contribution is 6.39. The Kier molecular flexibility index (Phi) is 7.43. The third-order valence-electron chi connectivity index (χ3n) is 3.77. The van der Waals surface area contributed by atoms with Crippen molar-refractivity contribution in [3.63, 3.8) is 0 Å². The second-order valence-electron chi connectivity index (χ2n) is 5.70. The van der Waals surface area contributed by atoms with Gasteiger partial charge in [-0.15, -0.1) is 13.2 Å². The van der Waals surface area contributed by atoms with Gasteiger partial charge in [0.2, 0.25) is 0 Å². The fraction of sp³-hybridized carbons (Fsp3) is 0.263. The van der Waals surface area contributed by atoms with E-state index in [1.807, 2.05) is 0 Å². The van der Waals surface area contributed by atoms with Gasteiger partial charge in [0.15, 0.2) is 0 Å². The van der Waals surface area contributed by atoms with Gasteiger partial charge < -0.3 is 24.8 Å². The average Bonchev–Trinajstić information content (AvgIpc) is 2.69. The maximum absolute atomic E-state index is 12.1. The predicted molar refractivity (Wildman–Crippen MR) is 97.5 cm³/mol. The number of anilines is 1. The Bertz CT molecular complexity index is 840. The van der Waals surface area contributed by atoms with Crippen LogP contribution in [0.1, 0.15) is 11.7 Å². The van der Waals surface area contributed by atoms with Crippen LogP contribution in [0.3, 0.4) is 0 Å². The fourth-order valence-electron chi connectivity index (χ4n) is 2.45. The molecule has 0 bridgehead atoms. The van der Waals surface area contributed by atoms with Crippen molar-refractivity contribution in [1.82, 2.24) is 5.32 Å². The maximum atomic E-state index is 12.1. The Morgan fingerprint density at radius 3 is 2.24 bits per heavy atom. The first-order valence-corrected chi connectivity index (χ1v) is 8.34. The van der Waals surface area contributed by atoms with E-state index in [4.69, 9.17) is 9.47 Å². The largest absolute Gasteiger partial charge is 0.573 e. The van der Waals surface area contributed by atoms with Gasteiger partial charge in [0.1, 0.15) is 17.6 Å². The number of hydrogen-bond donors (Lipinski definition) is 2. The summed E-state index contributed by atoms with van der Waals surface area (Å²) < 4.78 is 50.8. The van der Waals surface area contributed by atoms with Crippen molar-refractivity contribution < 1.29 is 37.0 Å². The van der Waals surface area contributed by atoms with Crippen molar-refractivity contribution in [2.45, 2.75) is 12.5 Å². The van der Waals surface area contributed by atoms with E-state index < -0.39 is 30.0 Å². The Labute approximate surface area is 164 Å². The molecule has 0 saturated heterocycles. The maximum Gasteiger partial charge on any atom is 0.573 e. The van der Waals surface area contributed by atoms with E-state index in [0.717, 1.165) is 12.1 Å². The molecule has 1 unspecified atom stereocenters. The van der Waals surface area contributed by atoms with E-state index in [1.54, 1.807) is 24.3 Å². The van der Waals surface area contributed by atoms with Crippen molar-refractivity contribution in [3.8, 4) is 11.5 Å². The normalized spacial score (nSPS) is 12.0. The molecule has 0 aliphatic carbocycles. The van der Waals surface area contributed by atoms with Crippen molar-refractivity contribution in [2.24, 2.45) is 0 Å². The van der Waals surface area contributed by atoms with E-state index in [2.05, 4.69) is 15.4 Å². The average molecular weight is 412 g/mol. The highest BCUT2D eigenvalue weighted by Crippen LogP contribution is 2.26. The molecule has 0 fully saturated rings. The fourth-order valence-corrected chi connectivity index (χ4v) is 2.45. The quantitative estimate of drug-likeness (QED) is 0.683. The minimum absolute atomic E-state index is 0.00148. The predicted octanol–water partition coefficient (Wildman–Crippen LogP) is 3.04. The van der Waals surface area contributed by atoms with Crippen LogP contribution in [0, 0.1) is 0 Å². The lowest BCUT2D eigenvalue weighted by Crippen LogP contribution is -2.38. The number of halogens is 3. The molecule has 0 saturated carbocycles. The standard InChI is InChI=1S/C19H19F3N2O5/c1-27-15-6-4-3-5-14(15)16(28-2)11-23-17(25)18(26)24-12-7-9-13(10-8-12)29-19(20,21)22/h3-10,16H,11H2,1-2H3,(H,23,25)(H,24,26). The number of benzene rings is 2. The van der Waals surface area contributed by atoms with Gasteiger partial charge in [-0.05, 0) is 30.3 Å². The summed E-state index contributed by atoms with van der Waals surface area (Å²) in [7, 11) is 2.95. The van der Waals surface area contributed by atoms with Gasteiger partial charge in [0, 0.05) is 24.9 Å². The Morgan fingerprint density at radius 2 is 1.66 bits per heavy atom. The van der Waals surface area contributed by atoms with Crippen LogP contribution in [-0.4, -0.2) is 38.9 Å². The Morgan fingerprint density at radius 1 is 1.00 bits per heavy atom. The van der Waals surface area contributed by atoms with Crippen LogP contribution in [0.2, 0.25) is 0 Å². The summed E-state index contributed by atoms with van der Waals surface area (Å²) in [6.45, 7) is 0.00148. The van der Waals surface area contributed by atoms with E-state index >= 15 is 0 Å². The molecule has 1 atom stereocenters. The molecule has 0 aliphatic rings. The van der Waals surface area contributed by atoms with Crippen LogP contribution in [0.4, 0.5) is 18.9 Å². The lowest BCUT2D eigenvalue weighted by Gasteiger charge is -2.19. The lowest BCUT2D eigenvalue weighted by molar-refractivity contribution is -0.274. The second kappa shape index (κ2) is 9.78. The van der Waals surface area contributed by atoms with Gasteiger partial charge in [0.05, 0.1) is 7.11 Å². The smallest absolute Gasteiger partial charge is 0.496 e. The molecule has 2 aromatic carbocycles. The minimum Gasteiger partial charge on any atom is -0.496 e. The van der Waals surface area contributed by atoms with Crippen LogP contribution in [0.5, 0.6) is 11.5 Å². The topological polar surface area (TPSA) is 85.9 Å². The van der Waals surface area contributed by atoms with Gasteiger partial charge in [-0.2, -0.15) is 0 Å². The number of para-hydroxylation sites is 1. The molecule has 7 nitrogen and oxygen atoms in total. The van der Waals surface area contributed by atoms with Crippen molar-refractivity contribution >= 4 is 17.5 Å². The highest BCUT2D eigenvalue weighted by atomic mass is 19.4. The number of methoxy groups -OCH3 is 2. The van der Waals surface area contributed by atoms with E-state index in [1.165, 1.54) is 26.4 Å². The summed E-state index contributed by atoms with van der Waals surface area (Å²) in [5.74, 6) is -1.79. The Hall–Kier alpha value is -3.27. The second-order valence-corrected chi connectivity index (χ2v) is 5.70. The number of hydrogen-bond acceptors (Lipinski definition) is 5. The summed E-state index contributed by atoms with van der Waals surface area (Å²) in [5.41, 5.74) is 0.825. The molecule has 2 rings (SSSR count). The van der Waals surface area contributed by atoms with Crippen LogP contribution in [-0.2, 0) is 14.3 Å². The van der Waals surface area contributed by atoms with Gasteiger partial charge >= 0.3 is 18.2 Å². The Balaban J connectivity index is 1.92. The molecule has 2 aromatic rings. The molecule has 2 amide bonds. The summed E-state index contributed by atoms with van der Waals surface area (Å²) >= 11 is 0. The van der Waals surface area contributed by atoms with Crippen LogP contribution >= 0.6 is 0 Å². The molecule has 156 valence electrons. The monoisotopic (exact) mass is 412 g/mol. The van der Waals surface area contributed by atoms with E-state index in [0.29, 0.717) is 11.3 Å². The lowest BCUT2D eigenvalue weighted by atomic mass is 10.1. The summed E-state index contributed by atoms with van der Waals surface area (Å²) in [6.07, 6.45) is -5.37. The molecule has 29 heavy (non-hydrogen) atoms. The van der Waals surface area contributed by atoms with Gasteiger partial charge in [-0.1, -0.05) is 18.2 Å². The third-order valence-corrected chi connectivity index (χ3v) is 3.77. The number of carbonyl (C=O) groups excluding carboxylic acids is 2. The van der Waals surface area contributed by atoms with Gasteiger partial charge in [0.25, 0.3) is 0 Å². The molecular formula is C19H19F3N2O5.